The number of benzene rings is 1. The van der Waals surface area contributed by atoms with Crippen molar-refractivity contribution in [3.63, 3.8) is 0 Å². The maximum Gasteiger partial charge on any atom is 0.256 e. The molecule has 1 aliphatic rings. The fourth-order valence-electron chi connectivity index (χ4n) is 3.89. The Morgan fingerprint density at radius 2 is 1.90 bits per heavy atom. The van der Waals surface area contributed by atoms with Crippen LogP contribution in [0.3, 0.4) is 0 Å². The molecule has 1 amide bonds. The second-order valence-corrected chi connectivity index (χ2v) is 9.86. The lowest BCUT2D eigenvalue weighted by Gasteiger charge is -2.20. The quantitative estimate of drug-likeness (QED) is 0.499. The van der Waals surface area contributed by atoms with Crippen LogP contribution in [0, 0.1) is 0 Å². The maximum atomic E-state index is 13.2. The standard InChI is InChI=1S/C23H31N3O4S/c1-3-5-12-24-23(28)20-17-25(13-4-2)21-11-10-18(16-19(21)22(20)27)31(29,30)26-14-8-6-7-9-15-26/h4,10-11,16-17H,2-3,5-9,12-15H2,1H3,(H,24,28). The molecule has 1 aliphatic heterocycles. The topological polar surface area (TPSA) is 88.5 Å². The largest absolute Gasteiger partial charge is 0.352 e. The van der Waals surface area contributed by atoms with E-state index >= 15 is 0 Å². The Kier molecular flexibility index (Phi) is 7.67. The smallest absolute Gasteiger partial charge is 0.256 e. The number of allylic oxidation sites excluding steroid dienone is 1. The Bertz CT molecular complexity index is 1110. The molecule has 2 aromatic rings. The first-order valence-corrected chi connectivity index (χ1v) is 12.4. The van der Waals surface area contributed by atoms with Crippen LogP contribution in [0.4, 0.5) is 0 Å². The number of hydrogen-bond donors (Lipinski definition) is 1. The Balaban J connectivity index is 2.09. The average Bonchev–Trinajstić information content (AvgIpc) is 3.06. The molecule has 168 valence electrons. The predicted octanol–water partition coefficient (Wildman–Crippen LogP) is 3.28. The van der Waals surface area contributed by atoms with Crippen LogP contribution in [-0.4, -0.2) is 42.8 Å². The fraction of sp³-hybridized carbons (Fsp3) is 0.478. The lowest BCUT2D eigenvalue weighted by molar-refractivity contribution is 0.0951. The second kappa shape index (κ2) is 10.2. The van der Waals surface area contributed by atoms with E-state index < -0.39 is 21.4 Å². The molecule has 1 N–H and O–H groups in total. The summed E-state index contributed by atoms with van der Waals surface area (Å²) >= 11 is 0. The normalized spacial score (nSPS) is 15.5. The minimum Gasteiger partial charge on any atom is -0.352 e. The molecule has 31 heavy (non-hydrogen) atoms. The minimum atomic E-state index is -3.70. The number of amides is 1. The molecular formula is C23H31N3O4S. The van der Waals surface area contributed by atoms with E-state index in [1.54, 1.807) is 22.8 Å². The van der Waals surface area contributed by atoms with Crippen LogP contribution in [0.2, 0.25) is 0 Å². The summed E-state index contributed by atoms with van der Waals surface area (Å²) in [7, 11) is -3.70. The van der Waals surface area contributed by atoms with Crippen LogP contribution in [0.1, 0.15) is 55.8 Å². The van der Waals surface area contributed by atoms with Crippen molar-refractivity contribution in [3.05, 3.63) is 52.8 Å². The van der Waals surface area contributed by atoms with Crippen LogP contribution < -0.4 is 10.7 Å². The Morgan fingerprint density at radius 1 is 1.19 bits per heavy atom. The lowest BCUT2D eigenvalue weighted by atomic mass is 10.1. The SMILES string of the molecule is C=CCn1cc(C(=O)NCCCC)c(=O)c2cc(S(=O)(=O)N3CCCCCC3)ccc21. The van der Waals surface area contributed by atoms with Gasteiger partial charge in [0.1, 0.15) is 5.56 Å². The third-order valence-corrected chi connectivity index (χ3v) is 7.54. The number of nitrogens with zero attached hydrogens (tertiary/aromatic N) is 2. The summed E-state index contributed by atoms with van der Waals surface area (Å²) in [6.45, 7) is 7.62. The molecule has 0 spiro atoms. The molecule has 7 nitrogen and oxygen atoms in total. The van der Waals surface area contributed by atoms with Gasteiger partial charge in [-0.3, -0.25) is 9.59 Å². The molecule has 0 bridgehead atoms. The van der Waals surface area contributed by atoms with Gasteiger partial charge >= 0.3 is 0 Å². The van der Waals surface area contributed by atoms with Gasteiger partial charge in [0.05, 0.1) is 10.4 Å². The highest BCUT2D eigenvalue weighted by atomic mass is 32.2. The highest BCUT2D eigenvalue weighted by Crippen LogP contribution is 2.23. The Hall–Kier alpha value is -2.45. The predicted molar refractivity (Wildman–Crippen MR) is 123 cm³/mol. The molecule has 0 saturated carbocycles. The number of carbonyl (C=O) groups is 1. The molecule has 2 heterocycles. The monoisotopic (exact) mass is 445 g/mol. The van der Waals surface area contributed by atoms with Gasteiger partial charge in [-0.05, 0) is 37.5 Å². The highest BCUT2D eigenvalue weighted by Gasteiger charge is 2.26. The van der Waals surface area contributed by atoms with Gasteiger partial charge < -0.3 is 9.88 Å². The van der Waals surface area contributed by atoms with Gasteiger partial charge in [-0.1, -0.05) is 32.3 Å². The number of sulfonamides is 1. The fourth-order valence-corrected chi connectivity index (χ4v) is 5.44. The van der Waals surface area contributed by atoms with E-state index in [0.29, 0.717) is 31.7 Å². The summed E-state index contributed by atoms with van der Waals surface area (Å²) in [5.74, 6) is -0.445. The van der Waals surface area contributed by atoms with Crippen molar-refractivity contribution in [1.29, 1.82) is 0 Å². The number of fused-ring (bicyclic) bond motifs is 1. The van der Waals surface area contributed by atoms with Crippen LogP contribution in [0.15, 0.2) is 46.7 Å². The second-order valence-electron chi connectivity index (χ2n) is 7.92. The van der Waals surface area contributed by atoms with Crippen molar-refractivity contribution in [2.45, 2.75) is 56.9 Å². The summed E-state index contributed by atoms with van der Waals surface area (Å²) in [6.07, 6.45) is 8.65. The summed E-state index contributed by atoms with van der Waals surface area (Å²) in [5, 5.41) is 3.00. The van der Waals surface area contributed by atoms with Gasteiger partial charge in [0.2, 0.25) is 15.5 Å². The van der Waals surface area contributed by atoms with Crippen LogP contribution in [0.5, 0.6) is 0 Å². The molecule has 1 aromatic heterocycles. The third-order valence-electron chi connectivity index (χ3n) is 5.64. The molecule has 0 aliphatic carbocycles. The van der Waals surface area contributed by atoms with Gasteiger partial charge in [-0.25, -0.2) is 8.42 Å². The van der Waals surface area contributed by atoms with Crippen molar-refractivity contribution in [3.8, 4) is 0 Å². The number of hydrogen-bond acceptors (Lipinski definition) is 4. The van der Waals surface area contributed by atoms with E-state index in [1.807, 2.05) is 6.92 Å². The third kappa shape index (κ3) is 5.07. The molecule has 0 radical (unpaired) electrons. The molecule has 3 rings (SSSR count). The molecule has 1 fully saturated rings. The zero-order chi connectivity index (χ0) is 22.4. The van der Waals surface area contributed by atoms with Crippen LogP contribution in [0.25, 0.3) is 10.9 Å². The van der Waals surface area contributed by atoms with Crippen molar-refractivity contribution in [2.24, 2.45) is 0 Å². The van der Waals surface area contributed by atoms with Gasteiger partial charge in [0.25, 0.3) is 5.91 Å². The number of rotatable bonds is 8. The molecule has 0 unspecified atom stereocenters. The first kappa shape index (κ1) is 23.2. The number of aromatic nitrogens is 1. The molecule has 1 saturated heterocycles. The number of unbranched alkanes of at least 4 members (excludes halogenated alkanes) is 1. The van der Waals surface area contributed by atoms with Gasteiger partial charge in [-0.15, -0.1) is 6.58 Å². The summed E-state index contributed by atoms with van der Waals surface area (Å²) < 4.78 is 29.7. The van der Waals surface area contributed by atoms with E-state index in [9.17, 15) is 18.0 Å². The highest BCUT2D eigenvalue weighted by molar-refractivity contribution is 7.89. The van der Waals surface area contributed by atoms with E-state index in [2.05, 4.69) is 11.9 Å². The first-order chi connectivity index (χ1) is 14.9. The number of pyridine rings is 1. The summed E-state index contributed by atoms with van der Waals surface area (Å²) in [4.78, 5) is 25.9. The average molecular weight is 446 g/mol. The van der Waals surface area contributed by atoms with E-state index in [-0.39, 0.29) is 15.8 Å². The minimum absolute atomic E-state index is 0.00905. The summed E-state index contributed by atoms with van der Waals surface area (Å²) in [5.41, 5.74) is 0.122. The van der Waals surface area contributed by atoms with Crippen molar-refractivity contribution >= 4 is 26.8 Å². The van der Waals surface area contributed by atoms with E-state index in [1.165, 1.54) is 16.6 Å². The van der Waals surface area contributed by atoms with Crippen molar-refractivity contribution in [1.82, 2.24) is 14.2 Å². The zero-order valence-corrected chi connectivity index (χ0v) is 18.9. The van der Waals surface area contributed by atoms with Gasteiger partial charge in [0.15, 0.2) is 0 Å². The molecule has 8 heteroatoms. The van der Waals surface area contributed by atoms with Crippen LogP contribution in [-0.2, 0) is 16.6 Å². The van der Waals surface area contributed by atoms with E-state index in [0.717, 1.165) is 38.5 Å². The summed E-state index contributed by atoms with van der Waals surface area (Å²) in [6, 6.07) is 4.60. The molecule has 0 atom stereocenters. The molecule has 1 aromatic carbocycles. The Morgan fingerprint density at radius 3 is 2.55 bits per heavy atom. The Labute approximate surface area is 183 Å². The van der Waals surface area contributed by atoms with Crippen LogP contribution >= 0.6 is 0 Å². The number of nitrogens with one attached hydrogen (secondary N) is 1. The van der Waals surface area contributed by atoms with Crippen molar-refractivity contribution in [2.75, 3.05) is 19.6 Å². The van der Waals surface area contributed by atoms with Gasteiger partial charge in [-0.2, -0.15) is 4.31 Å². The first-order valence-electron chi connectivity index (χ1n) is 11.0. The maximum absolute atomic E-state index is 13.2. The number of carbonyl (C=O) groups excluding carboxylic acids is 1. The molecular weight excluding hydrogens is 414 g/mol. The lowest BCUT2D eigenvalue weighted by Crippen LogP contribution is -2.32. The van der Waals surface area contributed by atoms with Crippen molar-refractivity contribution < 1.29 is 13.2 Å². The van der Waals surface area contributed by atoms with E-state index in [4.69, 9.17) is 0 Å². The van der Waals surface area contributed by atoms with Gasteiger partial charge in [0, 0.05) is 37.8 Å². The zero-order valence-electron chi connectivity index (χ0n) is 18.1.